The van der Waals surface area contributed by atoms with Crippen LogP contribution in [0.3, 0.4) is 0 Å². The van der Waals surface area contributed by atoms with E-state index in [4.69, 9.17) is 9.73 Å². The van der Waals surface area contributed by atoms with Crippen LogP contribution >= 0.6 is 23.5 Å². The average molecular weight is 528 g/mol. The average Bonchev–Trinajstić information content (AvgIpc) is 3.41. The van der Waals surface area contributed by atoms with E-state index in [9.17, 15) is 10.1 Å². The molecule has 2 aliphatic heterocycles. The van der Waals surface area contributed by atoms with E-state index >= 15 is 0 Å². The van der Waals surface area contributed by atoms with Gasteiger partial charge in [-0.25, -0.2) is 4.99 Å². The van der Waals surface area contributed by atoms with Crippen molar-refractivity contribution in [2.24, 2.45) is 4.99 Å². The van der Waals surface area contributed by atoms with Gasteiger partial charge in [0, 0.05) is 24.6 Å². The van der Waals surface area contributed by atoms with Crippen molar-refractivity contribution in [3.63, 3.8) is 0 Å². The van der Waals surface area contributed by atoms with E-state index in [0.717, 1.165) is 38.3 Å². The van der Waals surface area contributed by atoms with Crippen molar-refractivity contribution in [2.45, 2.75) is 18.7 Å². The molecule has 1 fully saturated rings. The molecule has 1 N–H and O–H groups in total. The Labute approximate surface area is 224 Å². The molecule has 7 nitrogen and oxygen atoms in total. The maximum absolute atomic E-state index is 14.0. The number of fused-ring (bicyclic) bond motifs is 1. The first-order valence-corrected chi connectivity index (χ1v) is 13.4. The molecule has 1 saturated heterocycles. The lowest BCUT2D eigenvalue weighted by Gasteiger charge is -2.17. The van der Waals surface area contributed by atoms with Crippen LogP contribution in [0.5, 0.6) is 5.75 Å². The molecule has 0 radical (unpaired) electrons. The third kappa shape index (κ3) is 4.66. The van der Waals surface area contributed by atoms with E-state index in [0.29, 0.717) is 27.9 Å². The van der Waals surface area contributed by atoms with E-state index in [-0.39, 0.29) is 5.91 Å². The molecule has 0 atom stereocenters. The number of hydrogen-bond acceptors (Lipinski definition) is 8. The number of aryl methyl sites for hydroxylation is 1. The van der Waals surface area contributed by atoms with Crippen LogP contribution in [0.1, 0.15) is 18.1 Å². The van der Waals surface area contributed by atoms with Gasteiger partial charge in [-0.1, -0.05) is 29.5 Å². The van der Waals surface area contributed by atoms with E-state index in [1.807, 2.05) is 74.3 Å². The quantitative estimate of drug-likeness (QED) is 0.380. The Morgan fingerprint density at radius 1 is 1.08 bits per heavy atom. The second-order valence-electron chi connectivity index (χ2n) is 8.48. The fourth-order valence-electron chi connectivity index (χ4n) is 4.09. The van der Waals surface area contributed by atoms with Crippen molar-refractivity contribution in [1.82, 2.24) is 0 Å². The summed E-state index contributed by atoms with van der Waals surface area (Å²) >= 11 is 2.91. The highest BCUT2D eigenvalue weighted by atomic mass is 32.2. The van der Waals surface area contributed by atoms with Crippen LogP contribution in [0, 0.1) is 18.3 Å². The lowest BCUT2D eigenvalue weighted by molar-refractivity contribution is -0.113. The van der Waals surface area contributed by atoms with Gasteiger partial charge in [0.2, 0.25) is 0 Å². The molecule has 2 heterocycles. The molecule has 186 valence electrons. The number of nitrogens with zero attached hydrogens (tertiary/aromatic N) is 4. The maximum atomic E-state index is 14.0. The van der Waals surface area contributed by atoms with Gasteiger partial charge in [0.05, 0.1) is 46.5 Å². The normalized spacial score (nSPS) is 17.8. The number of hydrogen-bond donors (Lipinski definition) is 1. The molecule has 37 heavy (non-hydrogen) atoms. The standard InChI is InChI=1S/C28H25N5O2S2/c1-5-30-21-12-8-18(16-29)14-22(21)31-28-33(19-9-6-17(2)7-10-19)26(34)25(37-28)27-32(3)23-15-20(35-4)11-13-24(23)36-27/h6-15,30H,5H2,1-4H3. The second-order valence-corrected chi connectivity index (χ2v) is 10.5. The number of benzene rings is 3. The van der Waals surface area contributed by atoms with Crippen LogP contribution in [-0.2, 0) is 4.79 Å². The summed E-state index contributed by atoms with van der Waals surface area (Å²) < 4.78 is 5.41. The summed E-state index contributed by atoms with van der Waals surface area (Å²) in [6, 6.07) is 21.3. The SMILES string of the molecule is CCNc1ccc(C#N)cc1N=C1SC(=C2Sc3ccc(OC)cc3N2C)C(=O)N1c1ccc(C)cc1. The maximum Gasteiger partial charge on any atom is 0.274 e. The Morgan fingerprint density at radius 2 is 1.86 bits per heavy atom. The second kappa shape index (κ2) is 10.2. The molecule has 0 spiro atoms. The van der Waals surface area contributed by atoms with Gasteiger partial charge in [-0.05, 0) is 68.1 Å². The number of rotatable bonds is 5. The van der Waals surface area contributed by atoms with Crippen LogP contribution in [0.15, 0.2) is 80.5 Å². The van der Waals surface area contributed by atoms with Gasteiger partial charge in [0.25, 0.3) is 5.91 Å². The summed E-state index contributed by atoms with van der Waals surface area (Å²) in [7, 11) is 3.60. The van der Waals surface area contributed by atoms with Crippen LogP contribution in [0.2, 0.25) is 0 Å². The zero-order valence-corrected chi connectivity index (χ0v) is 22.5. The largest absolute Gasteiger partial charge is 0.497 e. The lowest BCUT2D eigenvalue weighted by Crippen LogP contribution is -2.29. The fraction of sp³-hybridized carbons (Fsp3) is 0.179. The van der Waals surface area contributed by atoms with Crippen molar-refractivity contribution in [3.05, 3.63) is 81.7 Å². The smallest absolute Gasteiger partial charge is 0.274 e. The Morgan fingerprint density at radius 3 is 2.57 bits per heavy atom. The topological polar surface area (TPSA) is 81.0 Å². The van der Waals surface area contributed by atoms with Gasteiger partial charge in [0.15, 0.2) is 5.17 Å². The van der Waals surface area contributed by atoms with Crippen molar-refractivity contribution >= 4 is 57.3 Å². The van der Waals surface area contributed by atoms with Crippen molar-refractivity contribution in [3.8, 4) is 11.8 Å². The molecule has 0 saturated carbocycles. The van der Waals surface area contributed by atoms with Gasteiger partial charge in [-0.2, -0.15) is 5.26 Å². The van der Waals surface area contributed by atoms with E-state index in [1.165, 1.54) is 11.8 Å². The highest BCUT2D eigenvalue weighted by Gasteiger charge is 2.40. The number of thioether (sulfide) groups is 2. The van der Waals surface area contributed by atoms with Crippen LogP contribution in [0.25, 0.3) is 0 Å². The van der Waals surface area contributed by atoms with Crippen molar-refractivity contribution in [1.29, 1.82) is 5.26 Å². The summed E-state index contributed by atoms with van der Waals surface area (Å²) in [6.07, 6.45) is 0. The van der Waals surface area contributed by atoms with E-state index in [2.05, 4.69) is 11.4 Å². The molecule has 5 rings (SSSR count). The van der Waals surface area contributed by atoms with Crippen molar-refractivity contribution < 1.29 is 9.53 Å². The first-order valence-electron chi connectivity index (χ1n) is 11.7. The van der Waals surface area contributed by atoms with Gasteiger partial charge in [-0.15, -0.1) is 0 Å². The molecule has 0 aromatic heterocycles. The van der Waals surface area contributed by atoms with Gasteiger partial charge in [0.1, 0.15) is 10.7 Å². The number of amides is 1. The monoisotopic (exact) mass is 527 g/mol. The molecule has 9 heteroatoms. The minimum absolute atomic E-state index is 0.136. The first kappa shape index (κ1) is 24.8. The first-order chi connectivity index (χ1) is 17.9. The highest BCUT2D eigenvalue weighted by molar-refractivity contribution is 8.20. The Balaban J connectivity index is 1.63. The van der Waals surface area contributed by atoms with Crippen LogP contribution in [0.4, 0.5) is 22.7 Å². The molecule has 0 bridgehead atoms. The molecule has 0 unspecified atom stereocenters. The van der Waals surface area contributed by atoms with E-state index < -0.39 is 0 Å². The summed E-state index contributed by atoms with van der Waals surface area (Å²) in [5, 5.41) is 14.2. The zero-order valence-electron chi connectivity index (χ0n) is 20.9. The molecule has 3 aromatic carbocycles. The predicted molar refractivity (Wildman–Crippen MR) is 153 cm³/mol. The molecule has 2 aliphatic rings. The molecular weight excluding hydrogens is 502 g/mol. The Kier molecular flexibility index (Phi) is 6.87. The number of nitrogens with one attached hydrogen (secondary N) is 1. The summed E-state index contributed by atoms with van der Waals surface area (Å²) in [6.45, 7) is 4.72. The number of aliphatic imine (C=N–C) groups is 1. The molecule has 3 aromatic rings. The van der Waals surface area contributed by atoms with Crippen molar-refractivity contribution in [2.75, 3.05) is 35.8 Å². The predicted octanol–water partition coefficient (Wildman–Crippen LogP) is 6.49. The summed E-state index contributed by atoms with van der Waals surface area (Å²) in [5.41, 5.74) is 4.75. The van der Waals surface area contributed by atoms with Gasteiger partial charge < -0.3 is 15.0 Å². The van der Waals surface area contributed by atoms with Gasteiger partial charge in [-0.3, -0.25) is 9.69 Å². The lowest BCUT2D eigenvalue weighted by atomic mass is 10.2. The van der Waals surface area contributed by atoms with Crippen LogP contribution in [-0.4, -0.2) is 31.8 Å². The van der Waals surface area contributed by atoms with Gasteiger partial charge >= 0.3 is 0 Å². The Hall–Kier alpha value is -3.87. The summed E-state index contributed by atoms with van der Waals surface area (Å²) in [4.78, 5) is 24.2. The Bertz CT molecular complexity index is 1490. The third-order valence-electron chi connectivity index (χ3n) is 6.02. The summed E-state index contributed by atoms with van der Waals surface area (Å²) in [5.74, 6) is 0.628. The molecular formula is C28H25N5O2S2. The number of ether oxygens (including phenoxy) is 1. The fourth-order valence-corrected chi connectivity index (χ4v) is 6.41. The number of methoxy groups -OCH3 is 1. The number of anilines is 3. The highest BCUT2D eigenvalue weighted by Crippen LogP contribution is 2.51. The number of carbonyl (C=O) groups excluding carboxylic acids is 1. The molecule has 0 aliphatic carbocycles. The van der Waals surface area contributed by atoms with E-state index in [1.54, 1.807) is 35.9 Å². The van der Waals surface area contributed by atoms with Crippen LogP contribution < -0.4 is 19.9 Å². The third-order valence-corrected chi connectivity index (χ3v) is 8.41. The number of amidine groups is 1. The number of nitriles is 1. The number of carbonyl (C=O) groups is 1. The minimum atomic E-state index is -0.136. The molecule has 1 amide bonds. The zero-order chi connectivity index (χ0) is 26.1. The minimum Gasteiger partial charge on any atom is -0.497 e.